The molecular formula is C15H19F2NO3S. The third-order valence-corrected chi connectivity index (χ3v) is 4.03. The number of hydrogen-bond donors (Lipinski definition) is 1. The predicted octanol–water partition coefficient (Wildman–Crippen LogP) is 2.91. The highest BCUT2D eigenvalue weighted by molar-refractivity contribution is 7.99. The molecule has 0 atom stereocenters. The summed E-state index contributed by atoms with van der Waals surface area (Å²) in [6, 6.07) is 3.41. The molecular weight excluding hydrogens is 312 g/mol. The van der Waals surface area contributed by atoms with Crippen molar-refractivity contribution >= 4 is 23.6 Å². The van der Waals surface area contributed by atoms with Crippen LogP contribution in [0.15, 0.2) is 18.2 Å². The average Bonchev–Trinajstić information content (AvgIpc) is 2.47. The van der Waals surface area contributed by atoms with Gasteiger partial charge in [-0.2, -0.15) is 11.8 Å². The van der Waals surface area contributed by atoms with Crippen LogP contribution < -0.4 is 0 Å². The molecule has 1 aromatic rings. The number of carbonyl (C=O) groups is 2. The molecule has 22 heavy (non-hydrogen) atoms. The smallest absolute Gasteiger partial charge is 0.305 e. The second-order valence-corrected chi connectivity index (χ2v) is 5.87. The molecule has 4 nitrogen and oxygen atoms in total. The molecule has 0 radical (unpaired) electrons. The Morgan fingerprint density at radius 1 is 1.27 bits per heavy atom. The van der Waals surface area contributed by atoms with Crippen LogP contribution in [0.2, 0.25) is 0 Å². The number of carbonyl (C=O) groups excluding carboxylic acids is 1. The molecule has 0 aliphatic heterocycles. The number of thioether (sulfide) groups is 1. The summed E-state index contributed by atoms with van der Waals surface area (Å²) < 4.78 is 26.1. The first kappa shape index (κ1) is 18.4. The van der Waals surface area contributed by atoms with Gasteiger partial charge >= 0.3 is 5.97 Å². The zero-order valence-corrected chi connectivity index (χ0v) is 13.2. The van der Waals surface area contributed by atoms with Gasteiger partial charge in [-0.1, -0.05) is 13.0 Å². The summed E-state index contributed by atoms with van der Waals surface area (Å²) in [6.45, 7) is 2.11. The Bertz CT molecular complexity index is 526. The van der Waals surface area contributed by atoms with Crippen LogP contribution >= 0.6 is 11.8 Å². The van der Waals surface area contributed by atoms with Gasteiger partial charge in [-0.05, 0) is 29.9 Å². The third-order valence-electron chi connectivity index (χ3n) is 2.88. The Labute approximate surface area is 132 Å². The Kier molecular flexibility index (Phi) is 7.87. The summed E-state index contributed by atoms with van der Waals surface area (Å²) in [7, 11) is 0. The summed E-state index contributed by atoms with van der Waals surface area (Å²) in [5.41, 5.74) is 0.429. The summed E-state index contributed by atoms with van der Waals surface area (Å²) >= 11 is 1.47. The van der Waals surface area contributed by atoms with E-state index in [0.29, 0.717) is 5.56 Å². The van der Waals surface area contributed by atoms with Crippen molar-refractivity contribution in [1.29, 1.82) is 0 Å². The van der Waals surface area contributed by atoms with E-state index in [2.05, 4.69) is 0 Å². The van der Waals surface area contributed by atoms with E-state index in [4.69, 9.17) is 5.11 Å². The van der Waals surface area contributed by atoms with Gasteiger partial charge in [0.15, 0.2) is 11.6 Å². The standard InChI is InChI=1S/C15H19F2NO3S/c1-2-7-22-10-14(19)18(6-5-15(20)21)9-11-3-4-12(16)13(17)8-11/h3-4,8H,2,5-7,9-10H2,1H3,(H,20,21). The largest absolute Gasteiger partial charge is 0.481 e. The van der Waals surface area contributed by atoms with Gasteiger partial charge in [0, 0.05) is 13.1 Å². The van der Waals surface area contributed by atoms with E-state index in [0.717, 1.165) is 24.3 Å². The van der Waals surface area contributed by atoms with E-state index in [-0.39, 0.29) is 31.2 Å². The SMILES string of the molecule is CCCSCC(=O)N(CCC(=O)O)Cc1ccc(F)c(F)c1. The van der Waals surface area contributed by atoms with Crippen LogP contribution in [0.1, 0.15) is 25.3 Å². The maximum Gasteiger partial charge on any atom is 0.305 e. The first-order valence-corrected chi connectivity index (χ1v) is 8.10. The highest BCUT2D eigenvalue weighted by Crippen LogP contribution is 2.13. The Morgan fingerprint density at radius 2 is 2.00 bits per heavy atom. The molecule has 1 aromatic carbocycles. The molecule has 0 aromatic heterocycles. The summed E-state index contributed by atoms with van der Waals surface area (Å²) in [4.78, 5) is 24.2. The molecule has 0 bridgehead atoms. The van der Waals surface area contributed by atoms with Crippen LogP contribution in [-0.4, -0.2) is 39.9 Å². The first-order chi connectivity index (χ1) is 10.4. The minimum Gasteiger partial charge on any atom is -0.481 e. The highest BCUT2D eigenvalue weighted by atomic mass is 32.2. The maximum atomic E-state index is 13.2. The van der Waals surface area contributed by atoms with Crippen molar-refractivity contribution in [2.24, 2.45) is 0 Å². The quantitative estimate of drug-likeness (QED) is 0.707. The number of nitrogens with zero attached hydrogens (tertiary/aromatic N) is 1. The molecule has 1 N–H and O–H groups in total. The molecule has 0 aliphatic rings. The fourth-order valence-corrected chi connectivity index (χ4v) is 2.57. The lowest BCUT2D eigenvalue weighted by Gasteiger charge is -2.22. The van der Waals surface area contributed by atoms with Gasteiger partial charge in [-0.25, -0.2) is 8.78 Å². The van der Waals surface area contributed by atoms with Gasteiger partial charge in [0.2, 0.25) is 5.91 Å². The lowest BCUT2D eigenvalue weighted by Crippen LogP contribution is -2.34. The summed E-state index contributed by atoms with van der Waals surface area (Å²) in [5.74, 6) is -2.07. The molecule has 1 amide bonds. The Morgan fingerprint density at radius 3 is 2.59 bits per heavy atom. The minimum absolute atomic E-state index is 0.0415. The molecule has 0 saturated carbocycles. The van der Waals surface area contributed by atoms with Gasteiger partial charge in [0.1, 0.15) is 0 Å². The van der Waals surface area contributed by atoms with E-state index >= 15 is 0 Å². The molecule has 0 aliphatic carbocycles. The second kappa shape index (κ2) is 9.40. The number of carboxylic acid groups (broad SMARTS) is 1. The minimum atomic E-state index is -1.01. The number of halogens is 2. The van der Waals surface area contributed by atoms with Gasteiger partial charge in [0.25, 0.3) is 0 Å². The monoisotopic (exact) mass is 331 g/mol. The normalized spacial score (nSPS) is 10.5. The predicted molar refractivity (Wildman–Crippen MR) is 81.6 cm³/mol. The van der Waals surface area contributed by atoms with Crippen LogP contribution in [0.4, 0.5) is 8.78 Å². The molecule has 122 valence electrons. The van der Waals surface area contributed by atoms with Crippen molar-refractivity contribution in [2.75, 3.05) is 18.1 Å². The average molecular weight is 331 g/mol. The van der Waals surface area contributed by atoms with E-state index in [1.165, 1.54) is 22.7 Å². The number of aliphatic carboxylic acids is 1. The zero-order chi connectivity index (χ0) is 16.5. The molecule has 7 heteroatoms. The third kappa shape index (κ3) is 6.43. The van der Waals surface area contributed by atoms with Crippen molar-refractivity contribution < 1.29 is 23.5 Å². The number of benzene rings is 1. The van der Waals surface area contributed by atoms with Gasteiger partial charge in [0.05, 0.1) is 12.2 Å². The van der Waals surface area contributed by atoms with E-state index in [1.807, 2.05) is 6.92 Å². The van der Waals surface area contributed by atoms with Crippen molar-refractivity contribution in [3.63, 3.8) is 0 Å². The number of hydrogen-bond acceptors (Lipinski definition) is 3. The number of carboxylic acids is 1. The van der Waals surface area contributed by atoms with E-state index < -0.39 is 17.6 Å². The van der Waals surface area contributed by atoms with Crippen LogP contribution in [-0.2, 0) is 16.1 Å². The van der Waals surface area contributed by atoms with Gasteiger partial charge in [-0.3, -0.25) is 9.59 Å². The van der Waals surface area contributed by atoms with E-state index in [1.54, 1.807) is 0 Å². The lowest BCUT2D eigenvalue weighted by atomic mass is 10.2. The van der Waals surface area contributed by atoms with Crippen LogP contribution in [0.3, 0.4) is 0 Å². The Hall–Kier alpha value is -1.63. The van der Waals surface area contributed by atoms with Gasteiger partial charge in [-0.15, -0.1) is 0 Å². The van der Waals surface area contributed by atoms with E-state index in [9.17, 15) is 18.4 Å². The second-order valence-electron chi connectivity index (χ2n) is 4.76. The first-order valence-electron chi connectivity index (χ1n) is 6.95. The topological polar surface area (TPSA) is 57.6 Å². The fourth-order valence-electron chi connectivity index (χ4n) is 1.78. The van der Waals surface area contributed by atoms with Crippen molar-refractivity contribution in [3.05, 3.63) is 35.4 Å². The maximum absolute atomic E-state index is 13.2. The number of rotatable bonds is 9. The van der Waals surface area contributed by atoms with Crippen LogP contribution in [0, 0.1) is 11.6 Å². The zero-order valence-electron chi connectivity index (χ0n) is 12.3. The van der Waals surface area contributed by atoms with Crippen molar-refractivity contribution in [3.8, 4) is 0 Å². The fraction of sp³-hybridized carbons (Fsp3) is 0.467. The molecule has 0 saturated heterocycles. The Balaban J connectivity index is 2.73. The summed E-state index contributed by atoms with van der Waals surface area (Å²) in [6.07, 6.45) is 0.754. The number of amides is 1. The van der Waals surface area contributed by atoms with Crippen molar-refractivity contribution in [2.45, 2.75) is 26.3 Å². The molecule has 0 fully saturated rings. The van der Waals surface area contributed by atoms with Gasteiger partial charge < -0.3 is 10.0 Å². The highest BCUT2D eigenvalue weighted by Gasteiger charge is 2.16. The molecule has 0 unspecified atom stereocenters. The van der Waals surface area contributed by atoms with Crippen LogP contribution in [0.25, 0.3) is 0 Å². The lowest BCUT2D eigenvalue weighted by molar-refractivity contribution is -0.138. The molecule has 0 spiro atoms. The van der Waals surface area contributed by atoms with Crippen molar-refractivity contribution in [1.82, 2.24) is 4.90 Å². The summed E-state index contributed by atoms with van der Waals surface area (Å²) in [5, 5.41) is 8.75. The molecule has 1 rings (SSSR count). The van der Waals surface area contributed by atoms with Crippen LogP contribution in [0.5, 0.6) is 0 Å². The molecule has 0 heterocycles.